The Bertz CT molecular complexity index is 725. The number of hydrogen-bond donors (Lipinski definition) is 1. The minimum Gasteiger partial charge on any atom is -0.497 e. The van der Waals surface area contributed by atoms with E-state index in [4.69, 9.17) is 4.74 Å². The van der Waals surface area contributed by atoms with Gasteiger partial charge in [0.15, 0.2) is 6.54 Å². The van der Waals surface area contributed by atoms with Gasteiger partial charge in [0.2, 0.25) is 0 Å². The highest BCUT2D eigenvalue weighted by molar-refractivity contribution is 5.77. The average Bonchev–Trinajstić information content (AvgIpc) is 2.74. The Labute approximate surface area is 162 Å². The first kappa shape index (κ1) is 19.2. The van der Waals surface area contributed by atoms with Crippen LogP contribution in [0.2, 0.25) is 0 Å². The van der Waals surface area contributed by atoms with Gasteiger partial charge in [-0.15, -0.1) is 0 Å². The van der Waals surface area contributed by atoms with Crippen LogP contribution >= 0.6 is 0 Å². The van der Waals surface area contributed by atoms with Gasteiger partial charge in [-0.25, -0.2) is 0 Å². The molecule has 1 aliphatic heterocycles. The Hall–Kier alpha value is -2.53. The summed E-state index contributed by atoms with van der Waals surface area (Å²) in [6, 6.07) is 18.5. The van der Waals surface area contributed by atoms with Crippen molar-refractivity contribution >= 4 is 11.6 Å². The Balaban J connectivity index is 1.50. The number of carbonyl (C=O) groups is 1. The summed E-state index contributed by atoms with van der Waals surface area (Å²) < 4.78 is 5.23. The molecule has 1 atom stereocenters. The first-order valence-electron chi connectivity index (χ1n) is 9.61. The van der Waals surface area contributed by atoms with Gasteiger partial charge in [0.25, 0.3) is 5.91 Å². The van der Waals surface area contributed by atoms with Crippen LogP contribution in [0.1, 0.15) is 18.5 Å². The number of likely N-dealkylation sites (N-methyl/N-ethyl adjacent to an activating group) is 1. The molecule has 5 nitrogen and oxygen atoms in total. The molecule has 0 aromatic heterocycles. The van der Waals surface area contributed by atoms with Gasteiger partial charge < -0.3 is 19.4 Å². The fourth-order valence-electron chi connectivity index (χ4n) is 3.56. The van der Waals surface area contributed by atoms with Gasteiger partial charge in [0.05, 0.1) is 39.3 Å². The van der Waals surface area contributed by atoms with Crippen LogP contribution in [0.25, 0.3) is 0 Å². The number of benzene rings is 2. The molecular weight excluding hydrogens is 338 g/mol. The third kappa shape index (κ3) is 4.80. The van der Waals surface area contributed by atoms with Crippen LogP contribution in [0.4, 0.5) is 5.69 Å². The van der Waals surface area contributed by atoms with Crippen molar-refractivity contribution in [3.63, 3.8) is 0 Å². The van der Waals surface area contributed by atoms with Crippen LogP contribution in [-0.2, 0) is 4.79 Å². The summed E-state index contributed by atoms with van der Waals surface area (Å²) in [4.78, 5) is 18.3. The number of anilines is 1. The Morgan fingerprint density at radius 2 is 1.74 bits per heavy atom. The van der Waals surface area contributed by atoms with Gasteiger partial charge in [-0.05, 0) is 36.8 Å². The molecule has 1 saturated heterocycles. The summed E-state index contributed by atoms with van der Waals surface area (Å²) in [5, 5.41) is 0. The second kappa shape index (κ2) is 8.91. The van der Waals surface area contributed by atoms with E-state index in [1.54, 1.807) is 7.11 Å². The number of ether oxygens (including phenoxy) is 1. The highest BCUT2D eigenvalue weighted by Gasteiger charge is 2.25. The van der Waals surface area contributed by atoms with Crippen LogP contribution < -0.4 is 14.5 Å². The first-order chi connectivity index (χ1) is 13.1. The van der Waals surface area contributed by atoms with E-state index in [-0.39, 0.29) is 11.9 Å². The molecule has 2 aromatic rings. The van der Waals surface area contributed by atoms with Gasteiger partial charge in [-0.3, -0.25) is 4.79 Å². The zero-order valence-corrected chi connectivity index (χ0v) is 16.5. The van der Waals surface area contributed by atoms with E-state index in [0.29, 0.717) is 6.54 Å². The zero-order chi connectivity index (χ0) is 19.2. The molecule has 0 aliphatic carbocycles. The topological polar surface area (TPSA) is 37.2 Å². The smallest absolute Gasteiger partial charge is 0.278 e. The van der Waals surface area contributed by atoms with Crippen LogP contribution in [-0.4, -0.2) is 57.7 Å². The molecule has 1 N–H and O–H groups in total. The molecule has 0 saturated carbocycles. The standard InChI is InChI=1S/C22H29N3O2/c1-18(19-7-5-4-6-8-19)23(2)22(26)17-24-13-15-25(16-14-24)20-9-11-21(27-3)12-10-20/h4-12,18H,13-17H2,1-3H3/p+1/t18-/m0/s1. The first-order valence-corrected chi connectivity index (χ1v) is 9.61. The molecule has 0 bridgehead atoms. The van der Waals surface area contributed by atoms with Crippen molar-refractivity contribution in [2.24, 2.45) is 0 Å². The number of quaternary nitrogens is 1. The number of carbonyl (C=O) groups excluding carboxylic acids is 1. The number of rotatable bonds is 6. The number of methoxy groups -OCH3 is 1. The molecule has 3 rings (SSSR count). The molecule has 1 fully saturated rings. The van der Waals surface area contributed by atoms with Crippen molar-refractivity contribution in [1.29, 1.82) is 0 Å². The second-order valence-electron chi connectivity index (χ2n) is 7.20. The van der Waals surface area contributed by atoms with E-state index >= 15 is 0 Å². The van der Waals surface area contributed by atoms with Crippen LogP contribution in [0.5, 0.6) is 5.75 Å². The number of nitrogens with zero attached hydrogens (tertiary/aromatic N) is 2. The molecule has 1 aliphatic rings. The van der Waals surface area contributed by atoms with Gasteiger partial charge in [0.1, 0.15) is 5.75 Å². The van der Waals surface area contributed by atoms with Gasteiger partial charge in [0, 0.05) is 12.7 Å². The lowest BCUT2D eigenvalue weighted by atomic mass is 10.1. The van der Waals surface area contributed by atoms with E-state index in [1.807, 2.05) is 42.3 Å². The van der Waals surface area contributed by atoms with Gasteiger partial charge in [-0.1, -0.05) is 30.3 Å². The van der Waals surface area contributed by atoms with Gasteiger partial charge in [-0.2, -0.15) is 0 Å². The summed E-state index contributed by atoms with van der Waals surface area (Å²) in [6.45, 7) is 6.53. The predicted octanol–water partition coefficient (Wildman–Crippen LogP) is 1.62. The number of piperazine rings is 1. The quantitative estimate of drug-likeness (QED) is 0.842. The van der Waals surface area contributed by atoms with E-state index in [0.717, 1.165) is 31.9 Å². The second-order valence-corrected chi connectivity index (χ2v) is 7.20. The highest BCUT2D eigenvalue weighted by atomic mass is 16.5. The van der Waals surface area contributed by atoms with Crippen molar-refractivity contribution < 1.29 is 14.4 Å². The fourth-order valence-corrected chi connectivity index (χ4v) is 3.56. The molecular formula is C22H30N3O2+. The maximum absolute atomic E-state index is 12.7. The summed E-state index contributed by atoms with van der Waals surface area (Å²) in [5.41, 5.74) is 2.39. The van der Waals surface area contributed by atoms with E-state index in [9.17, 15) is 4.79 Å². The number of hydrogen-bond acceptors (Lipinski definition) is 3. The number of amides is 1. The van der Waals surface area contributed by atoms with E-state index < -0.39 is 0 Å². The van der Waals surface area contributed by atoms with E-state index in [1.165, 1.54) is 16.2 Å². The zero-order valence-electron chi connectivity index (χ0n) is 16.5. The predicted molar refractivity (Wildman–Crippen MR) is 108 cm³/mol. The highest BCUT2D eigenvalue weighted by Crippen LogP contribution is 2.19. The minimum atomic E-state index is 0.0960. The minimum absolute atomic E-state index is 0.0960. The monoisotopic (exact) mass is 368 g/mol. The molecule has 144 valence electrons. The van der Waals surface area contributed by atoms with Crippen molar-refractivity contribution in [3.05, 3.63) is 60.2 Å². The summed E-state index contributed by atoms with van der Waals surface area (Å²) in [5.74, 6) is 1.09. The summed E-state index contributed by atoms with van der Waals surface area (Å²) >= 11 is 0. The van der Waals surface area contributed by atoms with Crippen molar-refractivity contribution in [3.8, 4) is 5.75 Å². The Morgan fingerprint density at radius 3 is 2.33 bits per heavy atom. The molecule has 1 amide bonds. The van der Waals surface area contributed by atoms with E-state index in [2.05, 4.69) is 36.1 Å². The molecule has 2 aromatic carbocycles. The lowest BCUT2D eigenvalue weighted by Gasteiger charge is -2.34. The Morgan fingerprint density at radius 1 is 1.11 bits per heavy atom. The fraction of sp³-hybridized carbons (Fsp3) is 0.409. The largest absolute Gasteiger partial charge is 0.497 e. The Kier molecular flexibility index (Phi) is 6.35. The summed E-state index contributed by atoms with van der Waals surface area (Å²) in [7, 11) is 3.59. The van der Waals surface area contributed by atoms with Crippen molar-refractivity contribution in [2.75, 3.05) is 51.8 Å². The molecule has 0 unspecified atom stereocenters. The van der Waals surface area contributed by atoms with Crippen LogP contribution in [0.15, 0.2) is 54.6 Å². The maximum atomic E-state index is 12.7. The van der Waals surface area contributed by atoms with Crippen LogP contribution in [0.3, 0.4) is 0 Å². The lowest BCUT2D eigenvalue weighted by molar-refractivity contribution is -0.892. The third-order valence-electron chi connectivity index (χ3n) is 5.57. The maximum Gasteiger partial charge on any atom is 0.278 e. The van der Waals surface area contributed by atoms with Gasteiger partial charge >= 0.3 is 0 Å². The third-order valence-corrected chi connectivity index (χ3v) is 5.57. The molecule has 0 radical (unpaired) electrons. The van der Waals surface area contributed by atoms with Crippen LogP contribution in [0, 0.1) is 0 Å². The van der Waals surface area contributed by atoms with Crippen molar-refractivity contribution in [2.45, 2.75) is 13.0 Å². The average molecular weight is 369 g/mol. The molecule has 0 spiro atoms. The SMILES string of the molecule is COc1ccc(N2CC[NH+](CC(=O)N(C)[C@@H](C)c3ccccc3)CC2)cc1. The lowest BCUT2D eigenvalue weighted by Crippen LogP contribution is -3.15. The normalized spacial score (nSPS) is 16.0. The summed E-state index contributed by atoms with van der Waals surface area (Å²) in [6.07, 6.45) is 0. The molecule has 1 heterocycles. The molecule has 27 heavy (non-hydrogen) atoms. The van der Waals surface area contributed by atoms with Crippen molar-refractivity contribution in [1.82, 2.24) is 4.90 Å². The number of nitrogens with one attached hydrogen (secondary N) is 1. The molecule has 5 heteroatoms.